The molecule has 0 amide bonds. The molecule has 2 N–H and O–H groups in total. The minimum atomic E-state index is -3.09. The normalized spacial score (nSPS) is 25.5. The molecule has 0 aromatic carbocycles. The van der Waals surface area contributed by atoms with Crippen molar-refractivity contribution in [2.75, 3.05) is 25.1 Å². The highest BCUT2D eigenvalue weighted by Crippen LogP contribution is 2.35. The number of aliphatic imine (C=N–C) groups is 1. The third-order valence-electron chi connectivity index (χ3n) is 3.40. The Morgan fingerprint density at radius 1 is 1.39 bits per heavy atom. The van der Waals surface area contributed by atoms with Crippen LogP contribution < -0.4 is 10.0 Å². The molecule has 1 saturated heterocycles. The van der Waals surface area contributed by atoms with E-state index >= 15 is 0 Å². The van der Waals surface area contributed by atoms with Crippen LogP contribution in [0.1, 0.15) is 32.1 Å². The summed E-state index contributed by atoms with van der Waals surface area (Å²) in [4.78, 5) is 4.42. The summed E-state index contributed by atoms with van der Waals surface area (Å²) in [5.74, 6) is 1.10. The van der Waals surface area contributed by atoms with Gasteiger partial charge in [0.05, 0.1) is 12.8 Å². The lowest BCUT2D eigenvalue weighted by atomic mass is 9.83. The number of hydrogen-bond acceptors (Lipinski definition) is 4. The molecule has 0 atom stereocenters. The molecule has 1 heterocycles. The Kier molecular flexibility index (Phi) is 4.55. The molecular formula is C11H21N3O2S2. The maximum Gasteiger partial charge on any atom is 0.208 e. The molecule has 7 heteroatoms. The largest absolute Gasteiger partial charge is 0.359 e. The summed E-state index contributed by atoms with van der Waals surface area (Å²) in [6, 6.07) is 0. The molecule has 2 rings (SSSR count). The first kappa shape index (κ1) is 14.1. The van der Waals surface area contributed by atoms with E-state index in [2.05, 4.69) is 15.0 Å². The average molecular weight is 291 g/mol. The monoisotopic (exact) mass is 291 g/mol. The van der Waals surface area contributed by atoms with Crippen LogP contribution in [0.25, 0.3) is 0 Å². The van der Waals surface area contributed by atoms with Gasteiger partial charge in [-0.15, -0.1) is 0 Å². The summed E-state index contributed by atoms with van der Waals surface area (Å²) >= 11 is 1.77. The van der Waals surface area contributed by atoms with Gasteiger partial charge in [-0.1, -0.05) is 31.0 Å². The van der Waals surface area contributed by atoms with E-state index < -0.39 is 10.0 Å². The zero-order valence-electron chi connectivity index (χ0n) is 10.7. The van der Waals surface area contributed by atoms with E-state index in [1.54, 1.807) is 11.8 Å². The van der Waals surface area contributed by atoms with Gasteiger partial charge < -0.3 is 5.32 Å². The fourth-order valence-electron chi connectivity index (χ4n) is 2.48. The fourth-order valence-corrected chi connectivity index (χ4v) is 4.18. The molecule has 0 radical (unpaired) electrons. The summed E-state index contributed by atoms with van der Waals surface area (Å²) in [7, 11) is -3.09. The highest BCUT2D eigenvalue weighted by atomic mass is 32.2. The summed E-state index contributed by atoms with van der Waals surface area (Å²) < 4.78 is 24.2. The van der Waals surface area contributed by atoms with Crippen molar-refractivity contribution in [1.82, 2.24) is 10.0 Å². The van der Waals surface area contributed by atoms with Gasteiger partial charge in [0, 0.05) is 17.8 Å². The first-order valence-corrected chi connectivity index (χ1v) is 9.27. The summed E-state index contributed by atoms with van der Waals surface area (Å²) in [6.07, 6.45) is 7.59. The lowest BCUT2D eigenvalue weighted by molar-refractivity contribution is 0.303. The molecule has 0 bridgehead atoms. The molecule has 5 nitrogen and oxygen atoms in total. The lowest BCUT2D eigenvalue weighted by Crippen LogP contribution is -2.45. The Balaban J connectivity index is 1.77. The van der Waals surface area contributed by atoms with Gasteiger partial charge in [0.25, 0.3) is 0 Å². The second-order valence-corrected chi connectivity index (χ2v) is 7.91. The van der Waals surface area contributed by atoms with Gasteiger partial charge in [-0.05, 0) is 12.8 Å². The van der Waals surface area contributed by atoms with Crippen LogP contribution in [-0.4, -0.2) is 44.2 Å². The van der Waals surface area contributed by atoms with Gasteiger partial charge >= 0.3 is 0 Å². The predicted molar refractivity (Wildman–Crippen MR) is 76.6 cm³/mol. The number of rotatable bonds is 4. The van der Waals surface area contributed by atoms with Crippen molar-refractivity contribution in [1.29, 1.82) is 0 Å². The molecule has 1 aliphatic heterocycles. The molecule has 1 aliphatic carbocycles. The molecule has 1 saturated carbocycles. The summed E-state index contributed by atoms with van der Waals surface area (Å²) in [5.41, 5.74) is 0.270. The molecule has 2 aliphatic rings. The van der Waals surface area contributed by atoms with Crippen LogP contribution in [0, 0.1) is 0 Å². The van der Waals surface area contributed by atoms with Gasteiger partial charge in [0.2, 0.25) is 10.0 Å². The zero-order chi connectivity index (χ0) is 13.1. The van der Waals surface area contributed by atoms with Crippen LogP contribution in [0.4, 0.5) is 0 Å². The quantitative estimate of drug-likeness (QED) is 0.756. The van der Waals surface area contributed by atoms with E-state index in [9.17, 15) is 8.42 Å². The Morgan fingerprint density at radius 3 is 2.78 bits per heavy atom. The topological polar surface area (TPSA) is 70.6 Å². The number of sulfonamides is 1. The zero-order valence-corrected chi connectivity index (χ0v) is 12.4. The van der Waals surface area contributed by atoms with Crippen molar-refractivity contribution in [3.05, 3.63) is 0 Å². The number of hydrogen-bond donors (Lipinski definition) is 2. The molecular weight excluding hydrogens is 270 g/mol. The maximum atomic E-state index is 10.9. The number of amidine groups is 1. The van der Waals surface area contributed by atoms with Gasteiger partial charge in [-0.3, -0.25) is 4.99 Å². The van der Waals surface area contributed by atoms with Crippen LogP contribution >= 0.6 is 11.8 Å². The maximum absolute atomic E-state index is 10.9. The van der Waals surface area contributed by atoms with E-state index in [-0.39, 0.29) is 5.54 Å². The van der Waals surface area contributed by atoms with Crippen LogP contribution in [-0.2, 0) is 10.0 Å². The van der Waals surface area contributed by atoms with Crippen molar-refractivity contribution in [3.8, 4) is 0 Å². The van der Waals surface area contributed by atoms with E-state index in [0.717, 1.165) is 10.9 Å². The standard InChI is InChI=1S/C11H21N3O2S2/c1-18(15,16)13-8-7-12-10-14-11(9-17-10)5-3-2-4-6-11/h13H,2-9H2,1H3,(H,12,14). The SMILES string of the molecule is CS(=O)(=O)NCCN=C1NC2(CCCCC2)CS1. The molecule has 18 heavy (non-hydrogen) atoms. The minimum Gasteiger partial charge on any atom is -0.359 e. The Morgan fingerprint density at radius 2 is 2.11 bits per heavy atom. The van der Waals surface area contributed by atoms with Crippen molar-refractivity contribution in [3.63, 3.8) is 0 Å². The Labute approximate surface area is 113 Å². The van der Waals surface area contributed by atoms with Gasteiger partial charge in [-0.2, -0.15) is 0 Å². The third kappa shape index (κ3) is 4.13. The molecule has 0 aromatic heterocycles. The molecule has 2 fully saturated rings. The number of nitrogens with zero attached hydrogens (tertiary/aromatic N) is 1. The van der Waals surface area contributed by atoms with Crippen molar-refractivity contribution < 1.29 is 8.42 Å². The van der Waals surface area contributed by atoms with E-state index in [0.29, 0.717) is 13.1 Å². The fraction of sp³-hybridized carbons (Fsp3) is 0.909. The number of nitrogens with one attached hydrogen (secondary N) is 2. The van der Waals surface area contributed by atoms with Crippen molar-refractivity contribution in [2.24, 2.45) is 4.99 Å². The van der Waals surface area contributed by atoms with Crippen LogP contribution in [0.5, 0.6) is 0 Å². The predicted octanol–water partition coefficient (Wildman–Crippen LogP) is 0.931. The second kappa shape index (κ2) is 5.79. The summed E-state index contributed by atoms with van der Waals surface area (Å²) in [5, 5.41) is 4.52. The Bertz CT molecular complexity index is 414. The second-order valence-electron chi connectivity index (χ2n) is 5.11. The van der Waals surface area contributed by atoms with Gasteiger partial charge in [0.15, 0.2) is 5.17 Å². The minimum absolute atomic E-state index is 0.270. The third-order valence-corrected chi connectivity index (χ3v) is 5.33. The van der Waals surface area contributed by atoms with Crippen LogP contribution in [0.3, 0.4) is 0 Å². The molecule has 0 unspecified atom stereocenters. The highest BCUT2D eigenvalue weighted by molar-refractivity contribution is 8.14. The van der Waals surface area contributed by atoms with Gasteiger partial charge in [0.1, 0.15) is 0 Å². The lowest BCUT2D eigenvalue weighted by Gasteiger charge is -2.32. The number of thioether (sulfide) groups is 1. The van der Waals surface area contributed by atoms with Crippen molar-refractivity contribution in [2.45, 2.75) is 37.6 Å². The average Bonchev–Trinajstić information content (AvgIpc) is 2.68. The highest BCUT2D eigenvalue weighted by Gasteiger charge is 2.37. The van der Waals surface area contributed by atoms with E-state index in [1.165, 1.54) is 38.4 Å². The molecule has 104 valence electrons. The van der Waals surface area contributed by atoms with Crippen LogP contribution in [0.15, 0.2) is 4.99 Å². The van der Waals surface area contributed by atoms with Crippen LogP contribution in [0.2, 0.25) is 0 Å². The first-order chi connectivity index (χ1) is 8.49. The van der Waals surface area contributed by atoms with E-state index in [4.69, 9.17) is 0 Å². The Hall–Kier alpha value is -0.270. The first-order valence-electron chi connectivity index (χ1n) is 6.39. The molecule has 1 spiro atoms. The van der Waals surface area contributed by atoms with E-state index in [1.807, 2.05) is 0 Å². The summed E-state index contributed by atoms with van der Waals surface area (Å²) in [6.45, 7) is 0.871. The smallest absolute Gasteiger partial charge is 0.208 e. The van der Waals surface area contributed by atoms with Crippen molar-refractivity contribution >= 4 is 27.0 Å². The van der Waals surface area contributed by atoms with Gasteiger partial charge in [-0.25, -0.2) is 13.1 Å². The molecule has 0 aromatic rings.